The van der Waals surface area contributed by atoms with E-state index in [1.54, 1.807) is 18.2 Å². The van der Waals surface area contributed by atoms with E-state index in [1.807, 2.05) is 24.3 Å². The van der Waals surface area contributed by atoms with E-state index in [0.29, 0.717) is 5.75 Å². The molecule has 0 radical (unpaired) electrons. The zero-order chi connectivity index (χ0) is 24.3. The van der Waals surface area contributed by atoms with E-state index >= 15 is 0 Å². The van der Waals surface area contributed by atoms with Crippen LogP contribution in [0.3, 0.4) is 0 Å². The molecule has 0 aromatic heterocycles. The Balaban J connectivity index is 1.43. The smallest absolute Gasteiger partial charge is 0.347 e. The molecule has 0 aliphatic carbocycles. The number of hydrogen-bond acceptors (Lipinski definition) is 3. The highest BCUT2D eigenvalue weighted by Crippen LogP contribution is 2.20. The summed E-state index contributed by atoms with van der Waals surface area (Å²) in [5.74, 6) is -0.0970. The second kappa shape index (κ2) is 18.1. The molecule has 34 heavy (non-hydrogen) atoms. The second-order valence-electron chi connectivity index (χ2n) is 9.60. The molecule has 0 unspecified atom stereocenters. The van der Waals surface area contributed by atoms with Crippen LogP contribution in [0.1, 0.15) is 126 Å². The maximum Gasteiger partial charge on any atom is 0.347 e. The van der Waals surface area contributed by atoms with E-state index in [2.05, 4.69) is 6.92 Å². The Labute approximate surface area is 207 Å². The van der Waals surface area contributed by atoms with Gasteiger partial charge in [-0.15, -0.1) is 0 Å². The van der Waals surface area contributed by atoms with Gasteiger partial charge in [0.1, 0.15) is 17.1 Å². The van der Waals surface area contributed by atoms with Gasteiger partial charge in [0.15, 0.2) is 0 Å². The summed E-state index contributed by atoms with van der Waals surface area (Å²) in [5, 5.41) is 9.77. The molecule has 1 N–H and O–H groups in total. The van der Waals surface area contributed by atoms with Gasteiger partial charge in [-0.25, -0.2) is 4.79 Å². The SMILES string of the molecule is CCCCCCCCCCCCCCCCCCc1ccc(OC(=O)c2ccccc2O)cc1. The van der Waals surface area contributed by atoms with Gasteiger partial charge in [-0.05, 0) is 42.7 Å². The molecular weight excluding hydrogens is 420 g/mol. The van der Waals surface area contributed by atoms with Gasteiger partial charge in [0.25, 0.3) is 0 Å². The highest BCUT2D eigenvalue weighted by atomic mass is 16.5. The predicted octanol–water partition coefficient (Wildman–Crippen LogP) is 9.42. The fourth-order valence-corrected chi connectivity index (χ4v) is 4.41. The van der Waals surface area contributed by atoms with Gasteiger partial charge in [0.2, 0.25) is 0 Å². The largest absolute Gasteiger partial charge is 0.507 e. The van der Waals surface area contributed by atoms with Gasteiger partial charge in [-0.1, -0.05) is 128 Å². The highest BCUT2D eigenvalue weighted by Gasteiger charge is 2.12. The van der Waals surface area contributed by atoms with Crippen LogP contribution in [0.25, 0.3) is 0 Å². The number of esters is 1. The number of hydrogen-bond donors (Lipinski definition) is 1. The third-order valence-corrected chi connectivity index (χ3v) is 6.58. The Bertz CT molecular complexity index is 782. The molecule has 188 valence electrons. The summed E-state index contributed by atoms with van der Waals surface area (Å²) in [6.07, 6.45) is 23.2. The Hall–Kier alpha value is -2.29. The van der Waals surface area contributed by atoms with Crippen molar-refractivity contribution in [1.29, 1.82) is 0 Å². The number of rotatable bonds is 19. The lowest BCUT2D eigenvalue weighted by molar-refractivity contribution is 0.0731. The number of phenolic OH excluding ortho intramolecular Hbond substituents is 1. The molecule has 3 heteroatoms. The van der Waals surface area contributed by atoms with E-state index in [9.17, 15) is 9.90 Å². The van der Waals surface area contributed by atoms with E-state index in [0.717, 1.165) is 6.42 Å². The molecule has 0 saturated carbocycles. The molecule has 0 atom stereocenters. The van der Waals surface area contributed by atoms with E-state index in [1.165, 1.54) is 114 Å². The lowest BCUT2D eigenvalue weighted by Crippen LogP contribution is -2.08. The van der Waals surface area contributed by atoms with Crippen molar-refractivity contribution in [1.82, 2.24) is 0 Å². The first-order chi connectivity index (χ1) is 16.7. The van der Waals surface area contributed by atoms with Gasteiger partial charge in [0.05, 0.1) is 0 Å². The molecule has 0 heterocycles. The molecule has 0 saturated heterocycles. The summed E-state index contributed by atoms with van der Waals surface area (Å²) in [4.78, 5) is 12.2. The number of carbonyl (C=O) groups excluding carboxylic acids is 1. The number of benzene rings is 2. The molecule has 0 fully saturated rings. The predicted molar refractivity (Wildman–Crippen MR) is 143 cm³/mol. The van der Waals surface area contributed by atoms with Crippen LogP contribution in [0.2, 0.25) is 0 Å². The minimum atomic E-state index is -0.538. The van der Waals surface area contributed by atoms with Gasteiger partial charge in [-0.3, -0.25) is 0 Å². The molecule has 0 bridgehead atoms. The molecule has 2 aromatic rings. The fourth-order valence-electron chi connectivity index (χ4n) is 4.41. The highest BCUT2D eigenvalue weighted by molar-refractivity contribution is 5.93. The van der Waals surface area contributed by atoms with Gasteiger partial charge >= 0.3 is 5.97 Å². The van der Waals surface area contributed by atoms with Crippen LogP contribution in [0.15, 0.2) is 48.5 Å². The number of phenols is 1. The number of unbranched alkanes of at least 4 members (excludes halogenated alkanes) is 15. The average Bonchev–Trinajstić information content (AvgIpc) is 2.85. The van der Waals surface area contributed by atoms with Crippen molar-refractivity contribution in [3.63, 3.8) is 0 Å². The van der Waals surface area contributed by atoms with E-state index in [-0.39, 0.29) is 11.3 Å². The normalized spacial score (nSPS) is 11.0. The molecule has 0 amide bonds. The lowest BCUT2D eigenvalue weighted by atomic mass is 10.0. The van der Waals surface area contributed by atoms with E-state index < -0.39 is 5.97 Å². The maximum absolute atomic E-state index is 12.2. The van der Waals surface area contributed by atoms with Crippen LogP contribution in [-0.2, 0) is 6.42 Å². The summed E-state index contributed by atoms with van der Waals surface area (Å²) in [6.45, 7) is 2.28. The summed E-state index contributed by atoms with van der Waals surface area (Å²) < 4.78 is 5.37. The monoisotopic (exact) mass is 466 g/mol. The van der Waals surface area contributed by atoms with Gasteiger partial charge in [-0.2, -0.15) is 0 Å². The number of carbonyl (C=O) groups is 1. The fraction of sp³-hybridized carbons (Fsp3) is 0.581. The topological polar surface area (TPSA) is 46.5 Å². The van der Waals surface area contributed by atoms with Gasteiger partial charge in [0, 0.05) is 0 Å². The quantitative estimate of drug-likeness (QED) is 0.127. The van der Waals surface area contributed by atoms with Crippen molar-refractivity contribution in [3.05, 3.63) is 59.7 Å². The molecule has 2 aromatic carbocycles. The second-order valence-corrected chi connectivity index (χ2v) is 9.60. The molecule has 0 aliphatic rings. The Morgan fingerprint density at radius 2 is 1.12 bits per heavy atom. The van der Waals surface area contributed by atoms with E-state index in [4.69, 9.17) is 4.74 Å². The molecular formula is C31H46O3. The number of aromatic hydroxyl groups is 1. The van der Waals surface area contributed by atoms with Crippen LogP contribution in [0, 0.1) is 0 Å². The van der Waals surface area contributed by atoms with Crippen LogP contribution >= 0.6 is 0 Å². The Morgan fingerprint density at radius 3 is 1.62 bits per heavy atom. The molecule has 2 rings (SSSR count). The lowest BCUT2D eigenvalue weighted by Gasteiger charge is -2.07. The first kappa shape index (κ1) is 28.0. The van der Waals surface area contributed by atoms with Crippen molar-refractivity contribution in [3.8, 4) is 11.5 Å². The van der Waals surface area contributed by atoms with Crippen molar-refractivity contribution in [2.45, 2.75) is 116 Å². The number of aryl methyl sites for hydroxylation is 1. The first-order valence-corrected chi connectivity index (χ1v) is 13.8. The minimum Gasteiger partial charge on any atom is -0.507 e. The van der Waals surface area contributed by atoms with Crippen LogP contribution < -0.4 is 4.74 Å². The zero-order valence-electron chi connectivity index (χ0n) is 21.4. The summed E-state index contributed by atoms with van der Waals surface area (Å²) in [6, 6.07) is 14.1. The number of para-hydroxylation sites is 1. The van der Waals surface area contributed by atoms with Crippen LogP contribution in [0.4, 0.5) is 0 Å². The first-order valence-electron chi connectivity index (χ1n) is 13.8. The van der Waals surface area contributed by atoms with Crippen LogP contribution in [0.5, 0.6) is 11.5 Å². The zero-order valence-corrected chi connectivity index (χ0v) is 21.4. The Kier molecular flexibility index (Phi) is 14.9. The maximum atomic E-state index is 12.2. The van der Waals surface area contributed by atoms with Crippen molar-refractivity contribution in [2.75, 3.05) is 0 Å². The Morgan fingerprint density at radius 1 is 0.647 bits per heavy atom. The van der Waals surface area contributed by atoms with Crippen molar-refractivity contribution >= 4 is 5.97 Å². The standard InChI is InChI=1S/C31H46O3/c1-2-3-4-5-6-7-8-9-10-11-12-13-14-15-16-17-20-27-23-25-28(26-24-27)34-31(33)29-21-18-19-22-30(29)32/h18-19,21-26,32H,2-17,20H2,1H3. The third kappa shape index (κ3) is 12.3. The van der Waals surface area contributed by atoms with Crippen molar-refractivity contribution in [2.24, 2.45) is 0 Å². The summed E-state index contributed by atoms with van der Waals surface area (Å²) in [7, 11) is 0. The molecule has 0 spiro atoms. The summed E-state index contributed by atoms with van der Waals surface area (Å²) in [5.41, 5.74) is 1.45. The molecule has 3 nitrogen and oxygen atoms in total. The summed E-state index contributed by atoms with van der Waals surface area (Å²) >= 11 is 0. The third-order valence-electron chi connectivity index (χ3n) is 6.58. The average molecular weight is 467 g/mol. The minimum absolute atomic E-state index is 0.0624. The molecule has 0 aliphatic heterocycles. The van der Waals surface area contributed by atoms with Gasteiger partial charge < -0.3 is 9.84 Å². The van der Waals surface area contributed by atoms with Crippen molar-refractivity contribution < 1.29 is 14.6 Å². The number of ether oxygens (including phenoxy) is 1. The van der Waals surface area contributed by atoms with Crippen LogP contribution in [-0.4, -0.2) is 11.1 Å².